The molecule has 9 nitrogen and oxygen atoms in total. The standard InChI is InChI=1S/C23H28N8O/c1-22(2)10-14(11-23(3,4)30-22)32-20-9-8-18(26-27-20)16-7-6-15(17-12-24-28-21(16)17)19-13-25-31(5)29-19/h6-9,12-14,30H,10-11H2,1-5H3,(H,24,28). The molecule has 0 atom stereocenters. The van der Waals surface area contributed by atoms with E-state index in [-0.39, 0.29) is 17.2 Å². The highest BCUT2D eigenvalue weighted by molar-refractivity contribution is 6.01. The van der Waals surface area contributed by atoms with E-state index in [4.69, 9.17) is 4.74 Å². The van der Waals surface area contributed by atoms with E-state index in [9.17, 15) is 0 Å². The fraction of sp³-hybridized carbons (Fsp3) is 0.435. The number of ether oxygens (including phenoxy) is 1. The molecule has 4 heterocycles. The van der Waals surface area contributed by atoms with Crippen LogP contribution < -0.4 is 10.1 Å². The maximum atomic E-state index is 6.22. The van der Waals surface area contributed by atoms with Crippen LogP contribution in [-0.2, 0) is 7.05 Å². The molecule has 5 rings (SSSR count). The number of rotatable bonds is 4. The van der Waals surface area contributed by atoms with Crippen LogP contribution >= 0.6 is 0 Å². The Balaban J connectivity index is 1.41. The maximum Gasteiger partial charge on any atom is 0.233 e. The third-order valence-electron chi connectivity index (χ3n) is 5.85. The van der Waals surface area contributed by atoms with E-state index in [1.165, 1.54) is 0 Å². The van der Waals surface area contributed by atoms with Crippen LogP contribution in [0.2, 0.25) is 0 Å². The van der Waals surface area contributed by atoms with Crippen molar-refractivity contribution in [3.05, 3.63) is 36.7 Å². The molecular weight excluding hydrogens is 404 g/mol. The second-order valence-electron chi connectivity index (χ2n) is 9.84. The first kappa shape index (κ1) is 20.6. The Morgan fingerprint density at radius 1 is 0.938 bits per heavy atom. The highest BCUT2D eigenvalue weighted by atomic mass is 16.5. The lowest BCUT2D eigenvalue weighted by molar-refractivity contribution is 0.0524. The zero-order valence-corrected chi connectivity index (χ0v) is 19.0. The molecule has 166 valence electrons. The lowest BCUT2D eigenvalue weighted by Crippen LogP contribution is -2.60. The minimum absolute atomic E-state index is 0.0108. The van der Waals surface area contributed by atoms with Gasteiger partial charge in [-0.1, -0.05) is 6.07 Å². The second kappa shape index (κ2) is 7.37. The van der Waals surface area contributed by atoms with Crippen LogP contribution in [0.5, 0.6) is 5.88 Å². The molecule has 0 bridgehead atoms. The van der Waals surface area contributed by atoms with E-state index >= 15 is 0 Å². The fourth-order valence-electron chi connectivity index (χ4n) is 4.95. The summed E-state index contributed by atoms with van der Waals surface area (Å²) in [7, 11) is 1.80. The van der Waals surface area contributed by atoms with Gasteiger partial charge < -0.3 is 10.1 Å². The molecule has 3 aromatic heterocycles. The number of H-pyrrole nitrogens is 1. The van der Waals surface area contributed by atoms with Gasteiger partial charge in [-0.25, -0.2) is 0 Å². The molecule has 32 heavy (non-hydrogen) atoms. The van der Waals surface area contributed by atoms with Crippen molar-refractivity contribution >= 4 is 10.9 Å². The number of hydrogen-bond donors (Lipinski definition) is 2. The lowest BCUT2D eigenvalue weighted by atomic mass is 9.81. The van der Waals surface area contributed by atoms with Crippen LogP contribution in [0.3, 0.4) is 0 Å². The number of nitrogens with one attached hydrogen (secondary N) is 2. The monoisotopic (exact) mass is 432 g/mol. The molecular formula is C23H28N8O. The zero-order chi connectivity index (χ0) is 22.5. The summed E-state index contributed by atoms with van der Waals surface area (Å²) in [5.74, 6) is 0.546. The summed E-state index contributed by atoms with van der Waals surface area (Å²) in [6.45, 7) is 8.83. The number of aromatic amines is 1. The van der Waals surface area contributed by atoms with Gasteiger partial charge in [0.25, 0.3) is 0 Å². The number of aryl methyl sites for hydroxylation is 1. The largest absolute Gasteiger partial charge is 0.473 e. The molecule has 1 fully saturated rings. The Morgan fingerprint density at radius 3 is 2.34 bits per heavy atom. The van der Waals surface area contributed by atoms with Crippen molar-refractivity contribution in [1.82, 2.24) is 40.7 Å². The molecule has 0 amide bonds. The quantitative estimate of drug-likeness (QED) is 0.508. The molecule has 1 aliphatic heterocycles. The zero-order valence-electron chi connectivity index (χ0n) is 19.0. The minimum atomic E-state index is 0.0108. The average Bonchev–Trinajstić information content (AvgIpc) is 3.35. The van der Waals surface area contributed by atoms with Crippen LogP contribution in [0.25, 0.3) is 33.4 Å². The Bertz CT molecular complexity index is 1240. The van der Waals surface area contributed by atoms with Gasteiger partial charge in [-0.05, 0) is 39.8 Å². The van der Waals surface area contributed by atoms with Gasteiger partial charge in [0.15, 0.2) is 0 Å². The van der Waals surface area contributed by atoms with Gasteiger partial charge in [0.2, 0.25) is 5.88 Å². The van der Waals surface area contributed by atoms with Crippen molar-refractivity contribution in [2.75, 3.05) is 0 Å². The van der Waals surface area contributed by atoms with Crippen molar-refractivity contribution in [3.63, 3.8) is 0 Å². The van der Waals surface area contributed by atoms with Crippen molar-refractivity contribution in [2.24, 2.45) is 7.05 Å². The van der Waals surface area contributed by atoms with Crippen LogP contribution in [0, 0.1) is 0 Å². The van der Waals surface area contributed by atoms with Gasteiger partial charge in [0.05, 0.1) is 23.6 Å². The summed E-state index contributed by atoms with van der Waals surface area (Å²) >= 11 is 0. The van der Waals surface area contributed by atoms with Crippen LogP contribution in [-0.4, -0.2) is 52.6 Å². The van der Waals surface area contributed by atoms with Crippen LogP contribution in [0.1, 0.15) is 40.5 Å². The summed E-state index contributed by atoms with van der Waals surface area (Å²) in [4.78, 5) is 1.55. The van der Waals surface area contributed by atoms with Gasteiger partial charge in [0.1, 0.15) is 11.8 Å². The van der Waals surface area contributed by atoms with Gasteiger partial charge in [-0.15, -0.1) is 10.2 Å². The van der Waals surface area contributed by atoms with Crippen LogP contribution in [0.4, 0.5) is 0 Å². The lowest BCUT2D eigenvalue weighted by Gasteiger charge is -2.46. The second-order valence-corrected chi connectivity index (χ2v) is 9.84. The minimum Gasteiger partial charge on any atom is -0.473 e. The fourth-order valence-corrected chi connectivity index (χ4v) is 4.95. The SMILES string of the molecule is Cn1ncc(-c2ccc(-c3ccc(OC4CC(C)(C)NC(C)(C)C4)nn3)c3[nH]ncc23)n1. The number of hydrogen-bond acceptors (Lipinski definition) is 7. The molecule has 2 N–H and O–H groups in total. The summed E-state index contributed by atoms with van der Waals surface area (Å²) in [5, 5.41) is 29.4. The van der Waals surface area contributed by atoms with Gasteiger partial charge in [-0.3, -0.25) is 5.10 Å². The number of nitrogens with zero attached hydrogens (tertiary/aromatic N) is 6. The van der Waals surface area contributed by atoms with E-state index < -0.39 is 0 Å². The molecule has 9 heteroatoms. The highest BCUT2D eigenvalue weighted by Gasteiger charge is 2.38. The van der Waals surface area contributed by atoms with Crippen molar-refractivity contribution in [2.45, 2.75) is 57.7 Å². The van der Waals surface area contributed by atoms with Gasteiger partial charge in [0, 0.05) is 53.5 Å². The van der Waals surface area contributed by atoms with E-state index in [1.54, 1.807) is 24.2 Å². The maximum absolute atomic E-state index is 6.22. The van der Waals surface area contributed by atoms with E-state index in [0.29, 0.717) is 5.88 Å². The first-order valence-electron chi connectivity index (χ1n) is 10.8. The predicted molar refractivity (Wildman–Crippen MR) is 122 cm³/mol. The Labute approximate surface area is 186 Å². The van der Waals surface area contributed by atoms with Gasteiger partial charge >= 0.3 is 0 Å². The number of aromatic nitrogens is 7. The van der Waals surface area contributed by atoms with Crippen molar-refractivity contribution < 1.29 is 4.74 Å². The Morgan fingerprint density at radius 2 is 1.69 bits per heavy atom. The van der Waals surface area contributed by atoms with E-state index in [2.05, 4.69) is 63.6 Å². The Kier molecular flexibility index (Phi) is 4.74. The third kappa shape index (κ3) is 3.95. The average molecular weight is 433 g/mol. The first-order chi connectivity index (χ1) is 15.2. The molecule has 0 unspecified atom stereocenters. The Hall–Kier alpha value is -3.33. The first-order valence-corrected chi connectivity index (χ1v) is 10.8. The number of fused-ring (bicyclic) bond motifs is 1. The summed E-state index contributed by atoms with van der Waals surface area (Å²) < 4.78 is 6.22. The third-order valence-corrected chi connectivity index (χ3v) is 5.85. The molecule has 0 saturated carbocycles. The topological polar surface area (TPSA) is 106 Å². The molecule has 0 aliphatic carbocycles. The molecule has 1 aromatic carbocycles. The molecule has 4 aromatic rings. The number of piperidine rings is 1. The highest BCUT2D eigenvalue weighted by Crippen LogP contribution is 2.34. The number of benzene rings is 1. The normalized spacial score (nSPS) is 18.2. The smallest absolute Gasteiger partial charge is 0.233 e. The summed E-state index contributed by atoms with van der Waals surface area (Å²) in [6.07, 6.45) is 5.47. The van der Waals surface area contributed by atoms with Crippen molar-refractivity contribution in [1.29, 1.82) is 0 Å². The van der Waals surface area contributed by atoms with E-state index in [1.807, 2.05) is 24.3 Å². The molecule has 0 spiro atoms. The molecule has 0 radical (unpaired) electrons. The summed E-state index contributed by atoms with van der Waals surface area (Å²) in [6, 6.07) is 7.86. The van der Waals surface area contributed by atoms with E-state index in [0.717, 1.165) is 46.3 Å². The predicted octanol–water partition coefficient (Wildman–Crippen LogP) is 3.50. The summed E-state index contributed by atoms with van der Waals surface area (Å²) in [5.41, 5.74) is 4.35. The molecule has 1 aliphatic rings. The van der Waals surface area contributed by atoms with Crippen molar-refractivity contribution in [3.8, 4) is 28.4 Å². The van der Waals surface area contributed by atoms with Gasteiger partial charge in [-0.2, -0.15) is 20.1 Å². The molecule has 1 saturated heterocycles. The van der Waals surface area contributed by atoms with Crippen LogP contribution in [0.15, 0.2) is 36.7 Å².